The van der Waals surface area contributed by atoms with E-state index in [0.717, 1.165) is 16.9 Å². The molecule has 0 unspecified atom stereocenters. The molecule has 1 atom stereocenters. The molecule has 5 nitrogen and oxygen atoms in total. The summed E-state index contributed by atoms with van der Waals surface area (Å²) in [6.07, 6.45) is 1.00. The number of hydrogen-bond acceptors (Lipinski definition) is 3. The van der Waals surface area contributed by atoms with Crippen molar-refractivity contribution in [3.63, 3.8) is 0 Å². The molecule has 1 N–H and O–H groups in total. The SMILES string of the molecule is COc1cccc(CN(C(=O)CCc2ccccc2)[C@H](C)C(=O)NC(C)C)c1. The number of carbonyl (C=O) groups is 2. The van der Waals surface area contributed by atoms with Crippen LogP contribution in [0.5, 0.6) is 5.75 Å². The van der Waals surface area contributed by atoms with Gasteiger partial charge in [0.05, 0.1) is 7.11 Å². The van der Waals surface area contributed by atoms with Crippen molar-refractivity contribution in [2.24, 2.45) is 0 Å². The quantitative estimate of drug-likeness (QED) is 0.721. The van der Waals surface area contributed by atoms with Crippen molar-refractivity contribution in [2.45, 2.75) is 52.2 Å². The molecule has 0 spiro atoms. The van der Waals surface area contributed by atoms with Gasteiger partial charge in [0, 0.05) is 19.0 Å². The number of aryl methyl sites for hydroxylation is 1. The van der Waals surface area contributed by atoms with E-state index in [0.29, 0.717) is 19.4 Å². The Morgan fingerprint density at radius 1 is 1.00 bits per heavy atom. The van der Waals surface area contributed by atoms with Gasteiger partial charge in [-0.25, -0.2) is 0 Å². The van der Waals surface area contributed by atoms with E-state index in [4.69, 9.17) is 4.74 Å². The maximum atomic E-state index is 13.0. The Bertz CT molecular complexity index is 774. The number of nitrogens with one attached hydrogen (secondary N) is 1. The molecule has 2 rings (SSSR count). The summed E-state index contributed by atoms with van der Waals surface area (Å²) in [6.45, 7) is 5.96. The van der Waals surface area contributed by atoms with E-state index < -0.39 is 6.04 Å². The van der Waals surface area contributed by atoms with Crippen LogP contribution in [0.1, 0.15) is 38.3 Å². The van der Waals surface area contributed by atoms with Crippen LogP contribution in [-0.4, -0.2) is 35.9 Å². The topological polar surface area (TPSA) is 58.6 Å². The summed E-state index contributed by atoms with van der Waals surface area (Å²) in [7, 11) is 1.61. The van der Waals surface area contributed by atoms with Crippen molar-refractivity contribution in [1.82, 2.24) is 10.2 Å². The number of ether oxygens (including phenoxy) is 1. The molecule has 0 saturated heterocycles. The van der Waals surface area contributed by atoms with Crippen molar-refractivity contribution >= 4 is 11.8 Å². The highest BCUT2D eigenvalue weighted by Gasteiger charge is 2.26. The lowest BCUT2D eigenvalue weighted by molar-refractivity contribution is -0.140. The second-order valence-corrected chi connectivity index (χ2v) is 7.20. The summed E-state index contributed by atoms with van der Waals surface area (Å²) in [5.41, 5.74) is 2.04. The first kappa shape index (κ1) is 21.5. The number of hydrogen-bond donors (Lipinski definition) is 1. The second kappa shape index (κ2) is 10.5. The number of nitrogens with zero attached hydrogens (tertiary/aromatic N) is 1. The predicted octanol–water partition coefficient (Wildman–Crippen LogP) is 3.57. The molecule has 0 aliphatic carbocycles. The van der Waals surface area contributed by atoms with Gasteiger partial charge in [-0.3, -0.25) is 9.59 Å². The summed E-state index contributed by atoms with van der Waals surface area (Å²) in [6, 6.07) is 16.9. The highest BCUT2D eigenvalue weighted by Crippen LogP contribution is 2.17. The van der Waals surface area contributed by atoms with Crippen LogP contribution >= 0.6 is 0 Å². The van der Waals surface area contributed by atoms with Gasteiger partial charge in [0.25, 0.3) is 0 Å². The number of benzene rings is 2. The van der Waals surface area contributed by atoms with E-state index in [2.05, 4.69) is 5.32 Å². The van der Waals surface area contributed by atoms with Gasteiger partial charge in [-0.1, -0.05) is 42.5 Å². The highest BCUT2D eigenvalue weighted by atomic mass is 16.5. The molecule has 0 aliphatic heterocycles. The van der Waals surface area contributed by atoms with Crippen LogP contribution in [0.4, 0.5) is 0 Å². The first-order chi connectivity index (χ1) is 13.4. The lowest BCUT2D eigenvalue weighted by Crippen LogP contribution is -2.49. The molecule has 2 amide bonds. The summed E-state index contributed by atoms with van der Waals surface area (Å²) in [4.78, 5) is 27.2. The minimum absolute atomic E-state index is 0.0213. The van der Waals surface area contributed by atoms with E-state index >= 15 is 0 Å². The molecule has 2 aromatic rings. The summed E-state index contributed by atoms with van der Waals surface area (Å²) >= 11 is 0. The minimum Gasteiger partial charge on any atom is -0.497 e. The summed E-state index contributed by atoms with van der Waals surface area (Å²) in [5, 5.41) is 2.90. The fourth-order valence-corrected chi connectivity index (χ4v) is 2.99. The third-order valence-corrected chi connectivity index (χ3v) is 4.56. The minimum atomic E-state index is -0.558. The van der Waals surface area contributed by atoms with Gasteiger partial charge in [0.15, 0.2) is 0 Å². The Hall–Kier alpha value is -2.82. The second-order valence-electron chi connectivity index (χ2n) is 7.20. The molecule has 0 fully saturated rings. The lowest BCUT2D eigenvalue weighted by Gasteiger charge is -2.29. The normalized spacial score (nSPS) is 11.8. The number of rotatable bonds is 9. The number of methoxy groups -OCH3 is 1. The molecular weight excluding hydrogens is 352 g/mol. The van der Waals surface area contributed by atoms with Gasteiger partial charge < -0.3 is 15.0 Å². The molecule has 0 radical (unpaired) electrons. The zero-order chi connectivity index (χ0) is 20.5. The van der Waals surface area contributed by atoms with E-state index in [1.165, 1.54) is 0 Å². The van der Waals surface area contributed by atoms with Gasteiger partial charge >= 0.3 is 0 Å². The molecule has 0 aromatic heterocycles. The Labute approximate surface area is 167 Å². The fourth-order valence-electron chi connectivity index (χ4n) is 2.99. The van der Waals surface area contributed by atoms with Crippen LogP contribution in [0.2, 0.25) is 0 Å². The van der Waals surface area contributed by atoms with Crippen LogP contribution < -0.4 is 10.1 Å². The van der Waals surface area contributed by atoms with E-state index in [1.807, 2.05) is 68.4 Å². The van der Waals surface area contributed by atoms with Crippen molar-refractivity contribution in [2.75, 3.05) is 7.11 Å². The van der Waals surface area contributed by atoms with Crippen LogP contribution in [0.25, 0.3) is 0 Å². The summed E-state index contributed by atoms with van der Waals surface area (Å²) < 4.78 is 5.28. The molecule has 150 valence electrons. The van der Waals surface area contributed by atoms with Crippen LogP contribution in [0, 0.1) is 0 Å². The molecule has 0 saturated carbocycles. The average Bonchev–Trinajstić information content (AvgIpc) is 2.70. The molecule has 28 heavy (non-hydrogen) atoms. The zero-order valence-corrected chi connectivity index (χ0v) is 17.1. The van der Waals surface area contributed by atoms with Gasteiger partial charge in [-0.15, -0.1) is 0 Å². The first-order valence-corrected chi connectivity index (χ1v) is 9.67. The van der Waals surface area contributed by atoms with Crippen LogP contribution in [0.3, 0.4) is 0 Å². The Balaban J connectivity index is 2.16. The fraction of sp³-hybridized carbons (Fsp3) is 0.391. The monoisotopic (exact) mass is 382 g/mol. The third kappa shape index (κ3) is 6.41. The van der Waals surface area contributed by atoms with Gasteiger partial charge in [0.1, 0.15) is 11.8 Å². The Morgan fingerprint density at radius 2 is 1.68 bits per heavy atom. The maximum absolute atomic E-state index is 13.0. The van der Waals surface area contributed by atoms with E-state index in [-0.39, 0.29) is 17.9 Å². The Kier molecular flexibility index (Phi) is 8.05. The predicted molar refractivity (Wildman–Crippen MR) is 111 cm³/mol. The van der Waals surface area contributed by atoms with Crippen LogP contribution in [-0.2, 0) is 22.6 Å². The van der Waals surface area contributed by atoms with E-state index in [1.54, 1.807) is 18.9 Å². The molecule has 0 aliphatic rings. The third-order valence-electron chi connectivity index (χ3n) is 4.56. The molecule has 0 heterocycles. The Morgan fingerprint density at radius 3 is 2.32 bits per heavy atom. The van der Waals surface area contributed by atoms with Gasteiger partial charge in [-0.05, 0) is 50.5 Å². The molecule has 5 heteroatoms. The van der Waals surface area contributed by atoms with Crippen molar-refractivity contribution in [3.05, 3.63) is 65.7 Å². The largest absolute Gasteiger partial charge is 0.497 e. The maximum Gasteiger partial charge on any atom is 0.242 e. The van der Waals surface area contributed by atoms with Crippen molar-refractivity contribution in [3.8, 4) is 5.75 Å². The standard InChI is InChI=1S/C23H30N2O3/c1-17(2)24-23(27)18(3)25(16-20-11-8-12-21(15-20)28-4)22(26)14-13-19-9-6-5-7-10-19/h5-12,15,17-18H,13-14,16H2,1-4H3,(H,24,27)/t18-/m1/s1. The van der Waals surface area contributed by atoms with Crippen molar-refractivity contribution < 1.29 is 14.3 Å². The smallest absolute Gasteiger partial charge is 0.242 e. The van der Waals surface area contributed by atoms with Crippen LogP contribution in [0.15, 0.2) is 54.6 Å². The van der Waals surface area contributed by atoms with Gasteiger partial charge in [-0.2, -0.15) is 0 Å². The highest BCUT2D eigenvalue weighted by molar-refractivity contribution is 5.87. The summed E-state index contributed by atoms with van der Waals surface area (Å²) in [5.74, 6) is 0.539. The van der Waals surface area contributed by atoms with E-state index in [9.17, 15) is 9.59 Å². The number of carbonyl (C=O) groups excluding carboxylic acids is 2. The number of amides is 2. The van der Waals surface area contributed by atoms with Crippen molar-refractivity contribution in [1.29, 1.82) is 0 Å². The zero-order valence-electron chi connectivity index (χ0n) is 17.1. The molecule has 2 aromatic carbocycles. The first-order valence-electron chi connectivity index (χ1n) is 9.67. The molecule has 0 bridgehead atoms. The average molecular weight is 383 g/mol. The lowest BCUT2D eigenvalue weighted by atomic mass is 10.1. The van der Waals surface area contributed by atoms with Gasteiger partial charge in [0.2, 0.25) is 11.8 Å². The molecular formula is C23H30N2O3.